The molecule has 0 aliphatic carbocycles. The minimum atomic E-state index is -0.969. The molecule has 9 heteroatoms. The van der Waals surface area contributed by atoms with Crippen molar-refractivity contribution in [2.45, 2.75) is 13.0 Å². The number of hydrogen-bond acceptors (Lipinski definition) is 6. The molecule has 0 spiro atoms. The Morgan fingerprint density at radius 3 is 2.25 bits per heavy atom. The zero-order valence-electron chi connectivity index (χ0n) is 19.5. The second-order valence-corrected chi connectivity index (χ2v) is 8.76. The summed E-state index contributed by atoms with van der Waals surface area (Å²) in [7, 11) is 2.73. The van der Waals surface area contributed by atoms with Crippen LogP contribution in [0.15, 0.2) is 60.2 Å². The van der Waals surface area contributed by atoms with Gasteiger partial charge in [-0.05, 0) is 48.4 Å². The minimum Gasteiger partial charge on any atom is -0.507 e. The van der Waals surface area contributed by atoms with Crippen LogP contribution in [0.1, 0.15) is 28.3 Å². The number of amides is 1. The molecular formula is C27H20Cl2N2O5. The van der Waals surface area contributed by atoms with E-state index in [9.17, 15) is 14.7 Å². The maximum Gasteiger partial charge on any atom is 0.300 e. The van der Waals surface area contributed by atoms with Crippen LogP contribution in [-0.4, -0.2) is 31.0 Å². The Morgan fingerprint density at radius 1 is 1.03 bits per heavy atom. The summed E-state index contributed by atoms with van der Waals surface area (Å²) in [6.07, 6.45) is 0. The van der Waals surface area contributed by atoms with Crippen LogP contribution in [0, 0.1) is 18.3 Å². The van der Waals surface area contributed by atoms with Crippen LogP contribution in [0.3, 0.4) is 0 Å². The van der Waals surface area contributed by atoms with Gasteiger partial charge >= 0.3 is 0 Å². The number of aryl methyl sites for hydroxylation is 1. The number of ketones is 1. The second kappa shape index (κ2) is 9.94. The molecule has 1 N–H and O–H groups in total. The Hall–Kier alpha value is -3.99. The Labute approximate surface area is 217 Å². The molecule has 3 aromatic carbocycles. The first kappa shape index (κ1) is 25.1. The average Bonchev–Trinajstić information content (AvgIpc) is 3.14. The zero-order valence-corrected chi connectivity index (χ0v) is 21.0. The molecule has 1 saturated heterocycles. The zero-order chi connectivity index (χ0) is 26.1. The quantitative estimate of drug-likeness (QED) is 0.257. The lowest BCUT2D eigenvalue weighted by Crippen LogP contribution is -2.29. The highest BCUT2D eigenvalue weighted by molar-refractivity contribution is 6.52. The summed E-state index contributed by atoms with van der Waals surface area (Å²) in [6.45, 7) is 1.84. The molecule has 1 amide bonds. The van der Waals surface area contributed by atoms with Crippen molar-refractivity contribution < 1.29 is 24.2 Å². The lowest BCUT2D eigenvalue weighted by molar-refractivity contribution is -0.132. The molecule has 3 aromatic rings. The van der Waals surface area contributed by atoms with Crippen molar-refractivity contribution in [1.29, 1.82) is 5.26 Å². The normalized spacial score (nSPS) is 16.7. The van der Waals surface area contributed by atoms with Gasteiger partial charge in [-0.3, -0.25) is 14.5 Å². The number of nitrogens with zero attached hydrogens (tertiary/aromatic N) is 2. The van der Waals surface area contributed by atoms with E-state index in [2.05, 4.69) is 0 Å². The Morgan fingerprint density at radius 2 is 1.67 bits per heavy atom. The van der Waals surface area contributed by atoms with E-state index in [1.807, 2.05) is 25.1 Å². The number of halogens is 2. The molecule has 1 unspecified atom stereocenters. The predicted octanol–water partition coefficient (Wildman–Crippen LogP) is 5.82. The van der Waals surface area contributed by atoms with E-state index in [0.29, 0.717) is 16.8 Å². The van der Waals surface area contributed by atoms with Crippen LogP contribution < -0.4 is 14.4 Å². The average molecular weight is 523 g/mol. The van der Waals surface area contributed by atoms with Crippen molar-refractivity contribution in [3.63, 3.8) is 0 Å². The summed E-state index contributed by atoms with van der Waals surface area (Å²) >= 11 is 12.7. The van der Waals surface area contributed by atoms with E-state index in [1.54, 1.807) is 36.4 Å². The fourth-order valence-corrected chi connectivity index (χ4v) is 4.96. The molecule has 0 saturated carbocycles. The summed E-state index contributed by atoms with van der Waals surface area (Å²) < 4.78 is 10.6. The van der Waals surface area contributed by atoms with E-state index >= 15 is 0 Å². The van der Waals surface area contributed by atoms with Crippen molar-refractivity contribution >= 4 is 46.3 Å². The van der Waals surface area contributed by atoms with Gasteiger partial charge in [0.15, 0.2) is 11.5 Å². The molecular weight excluding hydrogens is 503 g/mol. The van der Waals surface area contributed by atoms with E-state index < -0.39 is 23.5 Å². The molecule has 1 heterocycles. The molecule has 36 heavy (non-hydrogen) atoms. The number of carbonyl (C=O) groups excluding carboxylic acids is 2. The second-order valence-electron chi connectivity index (χ2n) is 7.97. The van der Waals surface area contributed by atoms with Gasteiger partial charge in [-0.25, -0.2) is 0 Å². The molecule has 182 valence electrons. The standard InChI is InChI=1S/C27H20Cl2N2O5/c1-14-6-4-5-7-17(14)22-20(23(32)18-12-19(28)26(36-3)21(29)25(18)35-2)24(33)27(34)31(22)16-10-8-15(13-30)9-11-16/h4-12,22,32H,1-3H3/b23-20+. The first-order valence-electron chi connectivity index (χ1n) is 10.7. The number of rotatable bonds is 5. The maximum absolute atomic E-state index is 13.4. The molecule has 1 aliphatic rings. The third-order valence-corrected chi connectivity index (χ3v) is 6.62. The lowest BCUT2D eigenvalue weighted by Gasteiger charge is -2.27. The molecule has 0 radical (unpaired) electrons. The third kappa shape index (κ3) is 4.05. The summed E-state index contributed by atoms with van der Waals surface area (Å²) in [5.74, 6) is -2.06. The van der Waals surface area contributed by atoms with Gasteiger partial charge in [-0.1, -0.05) is 47.5 Å². The van der Waals surface area contributed by atoms with Crippen molar-refractivity contribution in [1.82, 2.24) is 0 Å². The van der Waals surface area contributed by atoms with E-state index in [-0.39, 0.29) is 32.7 Å². The highest BCUT2D eigenvalue weighted by atomic mass is 35.5. The van der Waals surface area contributed by atoms with Crippen molar-refractivity contribution in [3.05, 3.63) is 92.5 Å². The topological polar surface area (TPSA) is 99.9 Å². The van der Waals surface area contributed by atoms with Gasteiger partial charge in [0.2, 0.25) is 0 Å². The first-order valence-corrected chi connectivity index (χ1v) is 11.5. The fourth-order valence-electron chi connectivity index (χ4n) is 4.27. The number of benzene rings is 3. The van der Waals surface area contributed by atoms with Gasteiger partial charge in [0.05, 0.1) is 48.1 Å². The van der Waals surface area contributed by atoms with Crippen LogP contribution in [0.2, 0.25) is 10.0 Å². The van der Waals surface area contributed by atoms with E-state index in [0.717, 1.165) is 5.56 Å². The van der Waals surface area contributed by atoms with Crippen LogP contribution >= 0.6 is 23.2 Å². The van der Waals surface area contributed by atoms with Crippen molar-refractivity contribution in [2.75, 3.05) is 19.1 Å². The molecule has 4 rings (SSSR count). The largest absolute Gasteiger partial charge is 0.507 e. The van der Waals surface area contributed by atoms with Crippen LogP contribution in [-0.2, 0) is 9.59 Å². The molecule has 1 atom stereocenters. The number of hydrogen-bond donors (Lipinski definition) is 1. The van der Waals surface area contributed by atoms with Crippen LogP contribution in [0.4, 0.5) is 5.69 Å². The van der Waals surface area contributed by atoms with Crippen LogP contribution in [0.25, 0.3) is 5.76 Å². The molecule has 1 aliphatic heterocycles. The highest BCUT2D eigenvalue weighted by Gasteiger charge is 2.47. The van der Waals surface area contributed by atoms with Gasteiger partial charge in [-0.15, -0.1) is 0 Å². The number of ether oxygens (including phenoxy) is 2. The van der Waals surface area contributed by atoms with Gasteiger partial charge < -0.3 is 14.6 Å². The fraction of sp³-hybridized carbons (Fsp3) is 0.148. The molecule has 1 fully saturated rings. The molecule has 0 bridgehead atoms. The van der Waals surface area contributed by atoms with Gasteiger partial charge in [0.25, 0.3) is 11.7 Å². The molecule has 0 aromatic heterocycles. The number of aliphatic hydroxyl groups is 1. The monoisotopic (exact) mass is 522 g/mol. The highest BCUT2D eigenvalue weighted by Crippen LogP contribution is 2.48. The van der Waals surface area contributed by atoms with Crippen molar-refractivity contribution in [2.24, 2.45) is 0 Å². The SMILES string of the molecule is COc1c(Cl)cc(/C(O)=C2\C(=O)C(=O)N(c3ccc(C#N)cc3)C2c2ccccc2C)c(OC)c1Cl. The van der Waals surface area contributed by atoms with Gasteiger partial charge in [-0.2, -0.15) is 5.26 Å². The molecule has 7 nitrogen and oxygen atoms in total. The Balaban J connectivity index is 2.03. The summed E-state index contributed by atoms with van der Waals surface area (Å²) in [6, 6.07) is 15.9. The van der Waals surface area contributed by atoms with Crippen LogP contribution in [0.5, 0.6) is 11.5 Å². The lowest BCUT2D eigenvalue weighted by atomic mass is 9.92. The predicted molar refractivity (Wildman–Crippen MR) is 137 cm³/mol. The number of nitriles is 1. The number of anilines is 1. The Bertz CT molecular complexity index is 1460. The van der Waals surface area contributed by atoms with Gasteiger partial charge in [0, 0.05) is 5.69 Å². The summed E-state index contributed by atoms with van der Waals surface area (Å²) in [5.41, 5.74) is 2.09. The number of methoxy groups -OCH3 is 2. The third-order valence-electron chi connectivity index (χ3n) is 6.00. The smallest absolute Gasteiger partial charge is 0.300 e. The van der Waals surface area contributed by atoms with E-state index in [4.69, 9.17) is 37.9 Å². The van der Waals surface area contributed by atoms with Crippen molar-refractivity contribution in [3.8, 4) is 17.6 Å². The maximum atomic E-state index is 13.4. The van der Waals surface area contributed by atoms with Gasteiger partial charge in [0.1, 0.15) is 10.8 Å². The summed E-state index contributed by atoms with van der Waals surface area (Å²) in [4.78, 5) is 28.1. The number of aliphatic hydroxyl groups excluding tert-OH is 1. The van der Waals surface area contributed by atoms with E-state index in [1.165, 1.54) is 25.2 Å². The number of carbonyl (C=O) groups is 2. The first-order chi connectivity index (χ1) is 17.2. The minimum absolute atomic E-state index is 0.00260. The summed E-state index contributed by atoms with van der Waals surface area (Å²) in [5, 5.41) is 20.7. The number of Topliss-reactive ketones (excluding diaryl/α,β-unsaturated/α-hetero) is 1. The Kier molecular flexibility index (Phi) is 6.93.